The van der Waals surface area contributed by atoms with Gasteiger partial charge in [-0.3, -0.25) is 10.1 Å². The van der Waals surface area contributed by atoms with Gasteiger partial charge in [-0.15, -0.1) is 0 Å². The molecule has 3 aromatic rings. The highest BCUT2D eigenvalue weighted by atomic mass is 32.1. The van der Waals surface area contributed by atoms with Gasteiger partial charge in [-0.05, 0) is 79.7 Å². The lowest BCUT2D eigenvalue weighted by molar-refractivity contribution is -0.121. The zero-order chi connectivity index (χ0) is 20.6. The summed E-state index contributed by atoms with van der Waals surface area (Å²) in [5.41, 5.74) is 2.79. The van der Waals surface area contributed by atoms with Gasteiger partial charge in [0.25, 0.3) is 5.91 Å². The van der Waals surface area contributed by atoms with Gasteiger partial charge in [-0.2, -0.15) is 0 Å². The number of hydrogen-bond donors (Lipinski definition) is 2. The number of nitrogens with one attached hydrogen (secondary N) is 2. The molecule has 148 valence electrons. The third kappa shape index (κ3) is 6.33. The molecule has 0 saturated carbocycles. The Bertz CT molecular complexity index is 989. The standard InChI is InChI=1S/C23H22N2O3S/c1-16-8-9-17(2)21(14-16)27-15-22(26)25-23(29)24-18-10-12-20(13-11-18)28-19-6-4-3-5-7-19/h3-14H,15H2,1-2H3,(H2,24,25,26,29). The summed E-state index contributed by atoms with van der Waals surface area (Å²) in [6.45, 7) is 3.79. The molecule has 0 radical (unpaired) electrons. The van der Waals surface area contributed by atoms with E-state index < -0.39 is 0 Å². The van der Waals surface area contributed by atoms with Crippen LogP contribution in [0.4, 0.5) is 5.69 Å². The molecule has 6 heteroatoms. The first-order chi connectivity index (χ1) is 14.0. The van der Waals surface area contributed by atoms with E-state index in [2.05, 4.69) is 10.6 Å². The van der Waals surface area contributed by atoms with Gasteiger partial charge in [0.15, 0.2) is 11.7 Å². The topological polar surface area (TPSA) is 59.6 Å². The first kappa shape index (κ1) is 20.4. The SMILES string of the molecule is Cc1ccc(C)c(OCC(=O)NC(=S)Nc2ccc(Oc3ccccc3)cc2)c1. The molecule has 0 bridgehead atoms. The van der Waals surface area contributed by atoms with E-state index in [9.17, 15) is 4.79 Å². The molecule has 3 aromatic carbocycles. The first-order valence-electron chi connectivity index (χ1n) is 9.13. The maximum absolute atomic E-state index is 12.1. The van der Waals surface area contributed by atoms with Crippen molar-refractivity contribution in [3.05, 3.63) is 83.9 Å². The second-order valence-corrected chi connectivity index (χ2v) is 6.91. The average Bonchev–Trinajstić information content (AvgIpc) is 2.71. The summed E-state index contributed by atoms with van der Waals surface area (Å²) in [7, 11) is 0. The molecule has 0 atom stereocenters. The zero-order valence-electron chi connectivity index (χ0n) is 16.3. The van der Waals surface area contributed by atoms with Gasteiger partial charge in [-0.1, -0.05) is 30.3 Å². The van der Waals surface area contributed by atoms with Crippen LogP contribution < -0.4 is 20.1 Å². The van der Waals surface area contributed by atoms with E-state index in [1.807, 2.05) is 86.6 Å². The molecule has 0 aliphatic carbocycles. The Kier molecular flexibility index (Phi) is 6.81. The third-order valence-corrected chi connectivity index (χ3v) is 4.25. The van der Waals surface area contributed by atoms with E-state index in [-0.39, 0.29) is 17.6 Å². The molecular weight excluding hydrogens is 384 g/mol. The van der Waals surface area contributed by atoms with Crippen LogP contribution in [-0.2, 0) is 4.79 Å². The molecule has 0 spiro atoms. The molecule has 2 N–H and O–H groups in total. The van der Waals surface area contributed by atoms with E-state index in [0.717, 1.165) is 22.6 Å². The number of thiocarbonyl (C=S) groups is 1. The minimum Gasteiger partial charge on any atom is -0.483 e. The molecule has 0 fully saturated rings. The largest absolute Gasteiger partial charge is 0.483 e. The molecule has 0 unspecified atom stereocenters. The number of hydrogen-bond acceptors (Lipinski definition) is 4. The second-order valence-electron chi connectivity index (χ2n) is 6.50. The molecule has 0 aliphatic heterocycles. The molecular formula is C23H22N2O3S. The smallest absolute Gasteiger partial charge is 0.264 e. The molecule has 1 amide bonds. The Labute approximate surface area is 175 Å². The summed E-state index contributed by atoms with van der Waals surface area (Å²) in [5, 5.41) is 5.79. The highest BCUT2D eigenvalue weighted by Gasteiger charge is 2.08. The number of aryl methyl sites for hydroxylation is 2. The summed E-state index contributed by atoms with van der Waals surface area (Å²) < 4.78 is 11.3. The quantitative estimate of drug-likeness (QED) is 0.565. The predicted octanol–water partition coefficient (Wildman–Crippen LogP) is 4.99. The van der Waals surface area contributed by atoms with Gasteiger partial charge < -0.3 is 14.8 Å². The van der Waals surface area contributed by atoms with Crippen LogP contribution in [0.2, 0.25) is 0 Å². The number of carbonyl (C=O) groups is 1. The molecule has 0 aromatic heterocycles. The van der Waals surface area contributed by atoms with Crippen LogP contribution >= 0.6 is 12.2 Å². The molecule has 0 heterocycles. The highest BCUT2D eigenvalue weighted by Crippen LogP contribution is 2.22. The maximum atomic E-state index is 12.1. The van der Waals surface area contributed by atoms with Crippen LogP contribution in [0.3, 0.4) is 0 Å². The second kappa shape index (κ2) is 9.71. The van der Waals surface area contributed by atoms with Crippen molar-refractivity contribution in [2.45, 2.75) is 13.8 Å². The maximum Gasteiger partial charge on any atom is 0.264 e. The summed E-state index contributed by atoms with van der Waals surface area (Å²) in [4.78, 5) is 12.1. The Balaban J connectivity index is 1.47. The van der Waals surface area contributed by atoms with Crippen molar-refractivity contribution in [2.24, 2.45) is 0 Å². The fourth-order valence-electron chi connectivity index (χ4n) is 2.56. The Hall–Kier alpha value is -3.38. The number of amides is 1. The number of rotatable bonds is 6. The number of benzene rings is 3. The Morgan fingerprint density at radius 1 is 0.931 bits per heavy atom. The van der Waals surface area contributed by atoms with Gasteiger partial charge in [0.2, 0.25) is 0 Å². The summed E-state index contributed by atoms with van der Waals surface area (Å²) >= 11 is 5.20. The average molecular weight is 407 g/mol. The molecule has 5 nitrogen and oxygen atoms in total. The van der Waals surface area contributed by atoms with E-state index in [1.165, 1.54) is 0 Å². The lowest BCUT2D eigenvalue weighted by Crippen LogP contribution is -2.37. The number of para-hydroxylation sites is 1. The van der Waals surface area contributed by atoms with Crippen LogP contribution in [0.15, 0.2) is 72.8 Å². The fraction of sp³-hybridized carbons (Fsp3) is 0.130. The van der Waals surface area contributed by atoms with Crippen molar-refractivity contribution >= 4 is 28.9 Å². The van der Waals surface area contributed by atoms with Gasteiger partial charge in [0, 0.05) is 5.69 Å². The highest BCUT2D eigenvalue weighted by molar-refractivity contribution is 7.80. The van der Waals surface area contributed by atoms with Crippen molar-refractivity contribution in [3.8, 4) is 17.2 Å². The minimum atomic E-state index is -0.326. The summed E-state index contributed by atoms with van der Waals surface area (Å²) in [6.07, 6.45) is 0. The van der Waals surface area contributed by atoms with Gasteiger partial charge >= 0.3 is 0 Å². The number of anilines is 1. The normalized spacial score (nSPS) is 10.1. The molecule has 0 aliphatic rings. The van der Waals surface area contributed by atoms with E-state index >= 15 is 0 Å². The zero-order valence-corrected chi connectivity index (χ0v) is 17.1. The molecule has 0 saturated heterocycles. The monoisotopic (exact) mass is 406 g/mol. The molecule has 3 rings (SSSR count). The van der Waals surface area contributed by atoms with Crippen molar-refractivity contribution < 1.29 is 14.3 Å². The minimum absolute atomic E-state index is 0.115. The fourth-order valence-corrected chi connectivity index (χ4v) is 2.79. The predicted molar refractivity (Wildman–Crippen MR) is 119 cm³/mol. The van der Waals surface area contributed by atoms with Crippen molar-refractivity contribution in [1.82, 2.24) is 5.32 Å². The van der Waals surface area contributed by atoms with Crippen LogP contribution in [-0.4, -0.2) is 17.6 Å². The molecule has 29 heavy (non-hydrogen) atoms. The van der Waals surface area contributed by atoms with Crippen LogP contribution in [0, 0.1) is 13.8 Å². The van der Waals surface area contributed by atoms with Gasteiger partial charge in [0.1, 0.15) is 17.2 Å². The van der Waals surface area contributed by atoms with Crippen molar-refractivity contribution in [1.29, 1.82) is 0 Å². The van der Waals surface area contributed by atoms with Gasteiger partial charge in [-0.25, -0.2) is 0 Å². The summed E-state index contributed by atoms with van der Waals surface area (Å²) in [6, 6.07) is 22.7. The lowest BCUT2D eigenvalue weighted by atomic mass is 10.1. The van der Waals surface area contributed by atoms with Crippen LogP contribution in [0.1, 0.15) is 11.1 Å². The number of carbonyl (C=O) groups excluding carboxylic acids is 1. The van der Waals surface area contributed by atoms with E-state index in [4.69, 9.17) is 21.7 Å². The van der Waals surface area contributed by atoms with Crippen molar-refractivity contribution in [3.63, 3.8) is 0 Å². The van der Waals surface area contributed by atoms with Crippen molar-refractivity contribution in [2.75, 3.05) is 11.9 Å². The Morgan fingerprint density at radius 2 is 1.62 bits per heavy atom. The van der Waals surface area contributed by atoms with Crippen LogP contribution in [0.5, 0.6) is 17.2 Å². The number of ether oxygens (including phenoxy) is 2. The van der Waals surface area contributed by atoms with E-state index in [0.29, 0.717) is 11.5 Å². The van der Waals surface area contributed by atoms with Gasteiger partial charge in [0.05, 0.1) is 0 Å². The van der Waals surface area contributed by atoms with Crippen LogP contribution in [0.25, 0.3) is 0 Å². The lowest BCUT2D eigenvalue weighted by Gasteiger charge is -2.12. The Morgan fingerprint density at radius 3 is 2.34 bits per heavy atom. The third-order valence-electron chi connectivity index (χ3n) is 4.05. The van der Waals surface area contributed by atoms with E-state index in [1.54, 1.807) is 0 Å². The first-order valence-corrected chi connectivity index (χ1v) is 9.54. The summed E-state index contributed by atoms with van der Waals surface area (Å²) in [5.74, 6) is 1.83.